The topological polar surface area (TPSA) is 44.9 Å². The van der Waals surface area contributed by atoms with E-state index in [1.807, 2.05) is 0 Å². The standard InChI is InChI=1S/C20H22N2O/c1-19(2)13-8-9-20(3)16(17(13)23)15(22-19)10-12-11-6-4-5-7-14(11)21-18(12)20/h4-9,13,15-16,21-22H,10H2,1-3H3. The van der Waals surface area contributed by atoms with Gasteiger partial charge in [0, 0.05) is 39.5 Å². The number of ketones is 1. The number of aromatic nitrogens is 1. The Morgan fingerprint density at radius 1 is 1.17 bits per heavy atom. The first-order valence-electron chi connectivity index (χ1n) is 8.53. The summed E-state index contributed by atoms with van der Waals surface area (Å²) in [5, 5.41) is 5.09. The molecule has 2 N–H and O–H groups in total. The Morgan fingerprint density at radius 2 is 1.96 bits per heavy atom. The van der Waals surface area contributed by atoms with E-state index in [1.165, 1.54) is 22.2 Å². The third kappa shape index (κ3) is 1.51. The van der Waals surface area contributed by atoms with Crippen LogP contribution in [0.3, 0.4) is 0 Å². The predicted octanol–water partition coefficient (Wildman–Crippen LogP) is 3.10. The van der Waals surface area contributed by atoms with Crippen LogP contribution in [0.1, 0.15) is 32.0 Å². The van der Waals surface area contributed by atoms with Crippen molar-refractivity contribution in [3.05, 3.63) is 47.7 Å². The van der Waals surface area contributed by atoms with Crippen LogP contribution in [0.15, 0.2) is 36.4 Å². The van der Waals surface area contributed by atoms with Gasteiger partial charge >= 0.3 is 0 Å². The minimum Gasteiger partial charge on any atom is -0.357 e. The molecule has 1 aliphatic heterocycles. The zero-order valence-electron chi connectivity index (χ0n) is 13.8. The van der Waals surface area contributed by atoms with E-state index >= 15 is 0 Å². The van der Waals surface area contributed by atoms with Gasteiger partial charge in [-0.2, -0.15) is 0 Å². The number of allylic oxidation sites excluding steroid dienone is 1. The Hall–Kier alpha value is -1.87. The Labute approximate surface area is 136 Å². The van der Waals surface area contributed by atoms with E-state index in [-0.39, 0.29) is 28.8 Å². The predicted molar refractivity (Wildman–Crippen MR) is 91.5 cm³/mol. The van der Waals surface area contributed by atoms with Crippen molar-refractivity contribution < 1.29 is 4.79 Å². The number of Topliss-reactive ketones (excluding diaryl/α,β-unsaturated/α-hetero) is 1. The molecular weight excluding hydrogens is 284 g/mol. The maximum atomic E-state index is 13.2. The lowest BCUT2D eigenvalue weighted by molar-refractivity contribution is -0.135. The number of fused-ring (bicyclic) bond motifs is 5. The van der Waals surface area contributed by atoms with Gasteiger partial charge in [0.25, 0.3) is 0 Å². The fraction of sp³-hybridized carbons (Fsp3) is 0.450. The molecule has 2 heterocycles. The summed E-state index contributed by atoms with van der Waals surface area (Å²) in [5.41, 5.74) is 3.41. The van der Waals surface area contributed by atoms with Crippen LogP contribution in [0, 0.1) is 11.8 Å². The first kappa shape index (κ1) is 13.6. The number of para-hydroxylation sites is 1. The maximum absolute atomic E-state index is 13.2. The lowest BCUT2D eigenvalue weighted by Gasteiger charge is -2.55. The number of hydrogen-bond acceptors (Lipinski definition) is 2. The molecule has 0 spiro atoms. The number of H-pyrrole nitrogens is 1. The lowest BCUT2D eigenvalue weighted by Crippen LogP contribution is -2.69. The van der Waals surface area contributed by atoms with E-state index in [1.54, 1.807) is 0 Å². The molecule has 2 aromatic rings. The number of aromatic amines is 1. The largest absolute Gasteiger partial charge is 0.357 e. The number of benzene rings is 1. The fourth-order valence-electron chi connectivity index (χ4n) is 5.35. The van der Waals surface area contributed by atoms with Crippen molar-refractivity contribution in [3.63, 3.8) is 0 Å². The summed E-state index contributed by atoms with van der Waals surface area (Å²) in [6.45, 7) is 6.54. The highest BCUT2D eigenvalue weighted by molar-refractivity contribution is 5.94. The van der Waals surface area contributed by atoms with Crippen LogP contribution >= 0.6 is 0 Å². The zero-order valence-corrected chi connectivity index (χ0v) is 13.8. The molecule has 1 aromatic carbocycles. The minimum absolute atomic E-state index is 0.0113. The number of carbonyl (C=O) groups is 1. The molecule has 3 nitrogen and oxygen atoms in total. The molecule has 2 aliphatic carbocycles. The summed E-state index contributed by atoms with van der Waals surface area (Å²) in [6.07, 6.45) is 5.37. The van der Waals surface area contributed by atoms with E-state index < -0.39 is 0 Å². The third-order valence-corrected chi connectivity index (χ3v) is 6.41. The third-order valence-electron chi connectivity index (χ3n) is 6.41. The summed E-state index contributed by atoms with van der Waals surface area (Å²) >= 11 is 0. The number of rotatable bonds is 0. The van der Waals surface area contributed by atoms with Gasteiger partial charge in [0.15, 0.2) is 0 Å². The van der Waals surface area contributed by atoms with Crippen molar-refractivity contribution in [1.82, 2.24) is 10.3 Å². The number of nitrogens with one attached hydrogen (secondary N) is 2. The van der Waals surface area contributed by atoms with Crippen LogP contribution in [-0.2, 0) is 16.6 Å². The van der Waals surface area contributed by atoms with Gasteiger partial charge in [0.05, 0.1) is 5.92 Å². The summed E-state index contributed by atoms with van der Waals surface area (Å²) in [5.74, 6) is 0.432. The molecule has 3 aliphatic rings. The second-order valence-corrected chi connectivity index (χ2v) is 8.20. The Bertz CT molecular complexity index is 875. The molecule has 4 unspecified atom stereocenters. The first-order valence-corrected chi connectivity index (χ1v) is 8.53. The van der Waals surface area contributed by atoms with Gasteiger partial charge in [-0.1, -0.05) is 30.4 Å². The first-order chi connectivity index (χ1) is 10.9. The normalized spacial score (nSPS) is 37.0. The monoisotopic (exact) mass is 306 g/mol. The molecule has 1 aromatic heterocycles. The van der Waals surface area contributed by atoms with E-state index in [0.717, 1.165) is 6.42 Å². The van der Waals surface area contributed by atoms with Crippen LogP contribution in [0.5, 0.6) is 0 Å². The molecule has 0 radical (unpaired) electrons. The Balaban J connectivity index is 1.81. The smallest absolute Gasteiger partial charge is 0.147 e. The second kappa shape index (κ2) is 3.96. The zero-order chi connectivity index (χ0) is 16.0. The Kier molecular flexibility index (Phi) is 2.33. The SMILES string of the molecule is CC1(C)NC2Cc3c([nH]c4ccccc34)C3(C)C=CC1C(=O)C23. The van der Waals surface area contributed by atoms with Gasteiger partial charge in [-0.3, -0.25) is 4.79 Å². The highest BCUT2D eigenvalue weighted by Gasteiger charge is 2.58. The Morgan fingerprint density at radius 3 is 2.78 bits per heavy atom. The molecular formula is C20H22N2O. The highest BCUT2D eigenvalue weighted by atomic mass is 16.1. The molecule has 118 valence electrons. The fourth-order valence-corrected chi connectivity index (χ4v) is 5.35. The van der Waals surface area contributed by atoms with Gasteiger partial charge < -0.3 is 10.3 Å². The van der Waals surface area contributed by atoms with Crippen molar-refractivity contribution in [2.45, 2.75) is 44.2 Å². The van der Waals surface area contributed by atoms with Crippen LogP contribution < -0.4 is 5.32 Å². The minimum atomic E-state index is -0.228. The number of hydrogen-bond donors (Lipinski definition) is 2. The van der Waals surface area contributed by atoms with Crippen molar-refractivity contribution in [2.24, 2.45) is 11.8 Å². The molecule has 0 amide bonds. The molecule has 1 saturated heterocycles. The van der Waals surface area contributed by atoms with E-state index in [0.29, 0.717) is 5.78 Å². The van der Waals surface area contributed by atoms with Crippen LogP contribution in [0.2, 0.25) is 0 Å². The quantitative estimate of drug-likeness (QED) is 0.735. The van der Waals surface area contributed by atoms with Gasteiger partial charge in [-0.05, 0) is 38.8 Å². The van der Waals surface area contributed by atoms with Gasteiger partial charge in [0.1, 0.15) is 5.78 Å². The molecule has 23 heavy (non-hydrogen) atoms. The molecule has 4 atom stereocenters. The lowest BCUT2D eigenvalue weighted by atomic mass is 9.54. The average Bonchev–Trinajstić information content (AvgIpc) is 2.85. The maximum Gasteiger partial charge on any atom is 0.147 e. The van der Waals surface area contributed by atoms with E-state index in [4.69, 9.17) is 0 Å². The van der Waals surface area contributed by atoms with Crippen molar-refractivity contribution >= 4 is 16.7 Å². The molecule has 2 bridgehead atoms. The van der Waals surface area contributed by atoms with E-state index in [9.17, 15) is 4.79 Å². The van der Waals surface area contributed by atoms with Crippen LogP contribution in [0.4, 0.5) is 0 Å². The van der Waals surface area contributed by atoms with Crippen LogP contribution in [0.25, 0.3) is 10.9 Å². The molecule has 1 fully saturated rings. The van der Waals surface area contributed by atoms with Gasteiger partial charge in [-0.25, -0.2) is 0 Å². The average molecular weight is 306 g/mol. The van der Waals surface area contributed by atoms with Gasteiger partial charge in [0.2, 0.25) is 0 Å². The van der Waals surface area contributed by atoms with Crippen LogP contribution in [-0.4, -0.2) is 22.3 Å². The summed E-state index contributed by atoms with van der Waals surface area (Å²) in [7, 11) is 0. The summed E-state index contributed by atoms with van der Waals surface area (Å²) in [6, 6.07) is 8.71. The molecule has 3 heteroatoms. The molecule has 5 rings (SSSR count). The van der Waals surface area contributed by atoms with Crippen molar-refractivity contribution in [2.75, 3.05) is 0 Å². The van der Waals surface area contributed by atoms with Crippen molar-refractivity contribution in [3.8, 4) is 0 Å². The second-order valence-electron chi connectivity index (χ2n) is 8.20. The summed E-state index contributed by atoms with van der Waals surface area (Å²) in [4.78, 5) is 16.8. The van der Waals surface area contributed by atoms with Crippen molar-refractivity contribution in [1.29, 1.82) is 0 Å². The van der Waals surface area contributed by atoms with Gasteiger partial charge in [-0.15, -0.1) is 0 Å². The summed E-state index contributed by atoms with van der Waals surface area (Å²) < 4.78 is 0. The number of piperidine rings is 1. The molecule has 0 saturated carbocycles. The number of carbonyl (C=O) groups excluding carboxylic acids is 1. The highest BCUT2D eigenvalue weighted by Crippen LogP contribution is 2.52. The van der Waals surface area contributed by atoms with E-state index in [2.05, 4.69) is 67.5 Å².